The number of halogens is 2. The summed E-state index contributed by atoms with van der Waals surface area (Å²) < 4.78 is 2.55. The maximum atomic E-state index is 12.5. The highest BCUT2D eigenvalue weighted by molar-refractivity contribution is 9.10. The van der Waals surface area contributed by atoms with E-state index in [0.717, 1.165) is 15.7 Å². The molecule has 3 rings (SSSR count). The normalized spacial score (nSPS) is 10.7. The summed E-state index contributed by atoms with van der Waals surface area (Å²) in [4.78, 5) is 12.5. The van der Waals surface area contributed by atoms with Crippen LogP contribution in [0.2, 0.25) is 5.02 Å². The number of anilines is 1. The predicted octanol–water partition coefficient (Wildman–Crippen LogP) is 4.55. The highest BCUT2D eigenvalue weighted by Gasteiger charge is 2.17. The third kappa shape index (κ3) is 3.34. The van der Waals surface area contributed by atoms with Crippen molar-refractivity contribution in [1.29, 1.82) is 0 Å². The highest BCUT2D eigenvalue weighted by atomic mass is 79.9. The van der Waals surface area contributed by atoms with E-state index in [-0.39, 0.29) is 11.6 Å². The molecule has 3 aromatic rings. The van der Waals surface area contributed by atoms with Gasteiger partial charge in [0.2, 0.25) is 0 Å². The van der Waals surface area contributed by atoms with E-state index in [9.17, 15) is 4.79 Å². The van der Waals surface area contributed by atoms with Gasteiger partial charge in [-0.2, -0.15) is 0 Å². The number of nitrogens with one attached hydrogen (secondary N) is 1. The Morgan fingerprint density at radius 2 is 2.00 bits per heavy atom. The monoisotopic (exact) mass is 404 g/mol. The summed E-state index contributed by atoms with van der Waals surface area (Å²) in [5.41, 5.74) is 3.32. The quantitative estimate of drug-likeness (QED) is 0.695. The van der Waals surface area contributed by atoms with E-state index in [1.807, 2.05) is 37.3 Å². The van der Waals surface area contributed by atoms with Crippen molar-refractivity contribution in [2.75, 3.05) is 5.32 Å². The maximum Gasteiger partial charge on any atom is 0.278 e. The number of hydrogen-bond acceptors (Lipinski definition) is 3. The minimum Gasteiger partial charge on any atom is -0.320 e. The van der Waals surface area contributed by atoms with E-state index < -0.39 is 0 Å². The molecule has 0 saturated heterocycles. The SMILES string of the molecule is Cc1ccc(NC(=O)c2nnn(-c3cccc(Br)c3)c2C)cc1Cl. The van der Waals surface area contributed by atoms with Gasteiger partial charge in [-0.05, 0) is 49.7 Å². The largest absolute Gasteiger partial charge is 0.320 e. The first kappa shape index (κ1) is 16.7. The molecule has 1 heterocycles. The fourth-order valence-corrected chi connectivity index (χ4v) is 2.82. The van der Waals surface area contributed by atoms with Gasteiger partial charge in [-0.3, -0.25) is 4.79 Å². The first-order valence-electron chi connectivity index (χ1n) is 7.21. The van der Waals surface area contributed by atoms with Gasteiger partial charge in [0.1, 0.15) is 0 Å². The molecule has 0 aliphatic rings. The van der Waals surface area contributed by atoms with Crippen LogP contribution in [0.5, 0.6) is 0 Å². The lowest BCUT2D eigenvalue weighted by Gasteiger charge is -2.06. The zero-order valence-electron chi connectivity index (χ0n) is 13.0. The molecule has 0 saturated carbocycles. The van der Waals surface area contributed by atoms with Crippen LogP contribution in [0.3, 0.4) is 0 Å². The van der Waals surface area contributed by atoms with E-state index in [0.29, 0.717) is 16.4 Å². The first-order chi connectivity index (χ1) is 11.5. The Kier molecular flexibility index (Phi) is 4.69. The van der Waals surface area contributed by atoms with Gasteiger partial charge in [-0.15, -0.1) is 5.10 Å². The van der Waals surface area contributed by atoms with Crippen molar-refractivity contribution in [2.45, 2.75) is 13.8 Å². The van der Waals surface area contributed by atoms with E-state index in [1.54, 1.807) is 23.7 Å². The zero-order valence-corrected chi connectivity index (χ0v) is 15.4. The Hall–Kier alpha value is -2.18. The van der Waals surface area contributed by atoms with Gasteiger partial charge < -0.3 is 5.32 Å². The van der Waals surface area contributed by atoms with Crippen LogP contribution in [-0.4, -0.2) is 20.9 Å². The Labute approximate surface area is 152 Å². The Morgan fingerprint density at radius 3 is 2.71 bits per heavy atom. The van der Waals surface area contributed by atoms with Crippen LogP contribution in [0, 0.1) is 13.8 Å². The molecule has 0 aliphatic heterocycles. The van der Waals surface area contributed by atoms with Gasteiger partial charge in [-0.25, -0.2) is 4.68 Å². The molecule has 0 atom stereocenters. The summed E-state index contributed by atoms with van der Waals surface area (Å²) in [6.07, 6.45) is 0. The van der Waals surface area contributed by atoms with Crippen LogP contribution in [0.4, 0.5) is 5.69 Å². The molecule has 1 amide bonds. The maximum absolute atomic E-state index is 12.5. The fraction of sp³-hybridized carbons (Fsp3) is 0.118. The number of rotatable bonds is 3. The van der Waals surface area contributed by atoms with Crippen molar-refractivity contribution in [3.8, 4) is 5.69 Å². The second-order valence-electron chi connectivity index (χ2n) is 5.33. The molecule has 0 unspecified atom stereocenters. The number of aryl methyl sites for hydroxylation is 1. The van der Waals surface area contributed by atoms with Gasteiger partial charge in [-0.1, -0.05) is 44.9 Å². The van der Waals surface area contributed by atoms with Crippen molar-refractivity contribution >= 4 is 39.1 Å². The molecule has 0 fully saturated rings. The predicted molar refractivity (Wildman–Crippen MR) is 97.9 cm³/mol. The molecule has 2 aromatic carbocycles. The lowest BCUT2D eigenvalue weighted by Crippen LogP contribution is -2.14. The van der Waals surface area contributed by atoms with E-state index in [2.05, 4.69) is 31.6 Å². The molecule has 0 aliphatic carbocycles. The minimum atomic E-state index is -0.325. The second-order valence-corrected chi connectivity index (χ2v) is 6.66. The molecule has 7 heteroatoms. The van der Waals surface area contributed by atoms with Crippen LogP contribution in [0.15, 0.2) is 46.9 Å². The van der Waals surface area contributed by atoms with Crippen LogP contribution < -0.4 is 5.32 Å². The average molecular weight is 406 g/mol. The minimum absolute atomic E-state index is 0.270. The van der Waals surface area contributed by atoms with Crippen LogP contribution in [0.1, 0.15) is 21.7 Å². The smallest absolute Gasteiger partial charge is 0.278 e. The van der Waals surface area contributed by atoms with Crippen molar-refractivity contribution < 1.29 is 4.79 Å². The zero-order chi connectivity index (χ0) is 17.3. The van der Waals surface area contributed by atoms with Crippen LogP contribution >= 0.6 is 27.5 Å². The summed E-state index contributed by atoms with van der Waals surface area (Å²) in [5, 5.41) is 11.5. The number of benzene rings is 2. The summed E-state index contributed by atoms with van der Waals surface area (Å²) in [6, 6.07) is 13.0. The average Bonchev–Trinajstić information content (AvgIpc) is 2.93. The van der Waals surface area contributed by atoms with Crippen molar-refractivity contribution in [1.82, 2.24) is 15.0 Å². The summed E-state index contributed by atoms with van der Waals surface area (Å²) in [6.45, 7) is 3.71. The Morgan fingerprint density at radius 1 is 1.21 bits per heavy atom. The van der Waals surface area contributed by atoms with Gasteiger partial charge in [0.15, 0.2) is 5.69 Å². The molecule has 0 bridgehead atoms. The van der Waals surface area contributed by atoms with Gasteiger partial charge in [0.25, 0.3) is 5.91 Å². The first-order valence-corrected chi connectivity index (χ1v) is 8.38. The molecular formula is C17H14BrClN4O. The summed E-state index contributed by atoms with van der Waals surface area (Å²) in [7, 11) is 0. The second kappa shape index (κ2) is 6.75. The molecule has 0 spiro atoms. The standard InChI is InChI=1S/C17H14BrClN4O/c1-10-6-7-13(9-15(10)19)20-17(24)16-11(2)23(22-21-16)14-5-3-4-12(18)8-14/h3-9H,1-2H3,(H,20,24). The third-order valence-corrected chi connectivity index (χ3v) is 4.49. The number of nitrogens with zero attached hydrogens (tertiary/aromatic N) is 3. The van der Waals surface area contributed by atoms with E-state index in [1.165, 1.54) is 0 Å². The van der Waals surface area contributed by atoms with Crippen molar-refractivity contribution in [3.05, 3.63) is 68.9 Å². The number of carbonyl (C=O) groups excluding carboxylic acids is 1. The number of hydrogen-bond donors (Lipinski definition) is 1. The van der Waals surface area contributed by atoms with Crippen molar-refractivity contribution in [3.63, 3.8) is 0 Å². The van der Waals surface area contributed by atoms with Gasteiger partial charge in [0, 0.05) is 15.2 Å². The van der Waals surface area contributed by atoms with Gasteiger partial charge in [0.05, 0.1) is 11.4 Å². The lowest BCUT2D eigenvalue weighted by molar-refractivity contribution is 0.102. The molecule has 122 valence electrons. The fourth-order valence-electron chi connectivity index (χ4n) is 2.25. The summed E-state index contributed by atoms with van der Waals surface area (Å²) >= 11 is 9.51. The molecule has 0 radical (unpaired) electrons. The molecule has 1 N–H and O–H groups in total. The number of carbonyl (C=O) groups is 1. The third-order valence-electron chi connectivity index (χ3n) is 3.59. The van der Waals surface area contributed by atoms with E-state index in [4.69, 9.17) is 11.6 Å². The highest BCUT2D eigenvalue weighted by Crippen LogP contribution is 2.21. The Bertz CT molecular complexity index is 923. The molecular weight excluding hydrogens is 392 g/mol. The number of aromatic nitrogens is 3. The van der Waals surface area contributed by atoms with Crippen LogP contribution in [-0.2, 0) is 0 Å². The molecule has 5 nitrogen and oxygen atoms in total. The molecule has 24 heavy (non-hydrogen) atoms. The Balaban J connectivity index is 1.87. The van der Waals surface area contributed by atoms with Crippen molar-refractivity contribution in [2.24, 2.45) is 0 Å². The summed E-state index contributed by atoms with van der Waals surface area (Å²) in [5.74, 6) is -0.325. The van der Waals surface area contributed by atoms with Crippen LogP contribution in [0.25, 0.3) is 5.69 Å². The topological polar surface area (TPSA) is 59.8 Å². The van der Waals surface area contributed by atoms with E-state index >= 15 is 0 Å². The molecule has 1 aromatic heterocycles. The van der Waals surface area contributed by atoms with Gasteiger partial charge >= 0.3 is 0 Å². The number of amides is 1. The lowest BCUT2D eigenvalue weighted by atomic mass is 10.2.